The second-order valence-electron chi connectivity index (χ2n) is 5.23. The summed E-state index contributed by atoms with van der Waals surface area (Å²) in [5.41, 5.74) is 0.541. The van der Waals surface area contributed by atoms with Gasteiger partial charge in [-0.05, 0) is 39.1 Å². The van der Waals surface area contributed by atoms with Crippen LogP contribution in [-0.2, 0) is 10.0 Å². The lowest BCUT2D eigenvalue weighted by molar-refractivity contribution is 0.190. The molecule has 1 aromatic heterocycles. The second-order valence-corrected chi connectivity index (χ2v) is 7.08. The van der Waals surface area contributed by atoms with Crippen molar-refractivity contribution in [3.63, 3.8) is 0 Å². The number of nitrogens with zero attached hydrogens (tertiary/aromatic N) is 3. The van der Waals surface area contributed by atoms with Crippen LogP contribution in [0.2, 0.25) is 0 Å². The molecule has 1 aliphatic rings. The monoisotopic (exact) mass is 298 g/mol. The third-order valence-electron chi connectivity index (χ3n) is 3.71. The first-order valence-electron chi connectivity index (χ1n) is 6.76. The minimum absolute atomic E-state index is 0.113. The molecule has 2 heterocycles. The maximum Gasteiger partial charge on any atom is 0.262 e. The van der Waals surface area contributed by atoms with Gasteiger partial charge >= 0.3 is 0 Å². The van der Waals surface area contributed by atoms with Gasteiger partial charge in [0.05, 0.1) is 5.69 Å². The third-order valence-corrected chi connectivity index (χ3v) is 5.54. The van der Waals surface area contributed by atoms with Crippen molar-refractivity contribution in [2.45, 2.75) is 23.9 Å². The predicted octanol–water partition coefficient (Wildman–Crippen LogP) is 0.838. The van der Waals surface area contributed by atoms with Crippen molar-refractivity contribution < 1.29 is 8.42 Å². The van der Waals surface area contributed by atoms with E-state index in [0.717, 1.165) is 12.8 Å². The Balaban J connectivity index is 2.30. The molecule has 0 aromatic carbocycles. The molecule has 6 nitrogen and oxygen atoms in total. The summed E-state index contributed by atoms with van der Waals surface area (Å²) in [6.45, 7) is 1.08. The van der Waals surface area contributed by atoms with Crippen molar-refractivity contribution in [2.24, 2.45) is 0 Å². The average molecular weight is 298 g/mol. The van der Waals surface area contributed by atoms with Crippen LogP contribution in [0.25, 0.3) is 0 Å². The Hall–Kier alpha value is -1.18. The molecule has 0 radical (unpaired) electrons. The lowest BCUT2D eigenvalue weighted by Gasteiger charge is -2.35. The Morgan fingerprint density at radius 3 is 2.85 bits per heavy atom. The lowest BCUT2D eigenvalue weighted by atomic mass is 10.1. The van der Waals surface area contributed by atoms with Gasteiger partial charge in [-0.25, -0.2) is 13.4 Å². The highest BCUT2D eigenvalue weighted by atomic mass is 32.2. The maximum absolute atomic E-state index is 12.7. The number of hydrogen-bond donors (Lipinski definition) is 1. The van der Waals surface area contributed by atoms with Crippen molar-refractivity contribution in [2.75, 3.05) is 39.5 Å². The van der Waals surface area contributed by atoms with E-state index in [-0.39, 0.29) is 11.1 Å². The van der Waals surface area contributed by atoms with Crippen LogP contribution in [0.4, 0.5) is 5.69 Å². The Bertz CT molecular complexity index is 559. The molecule has 1 fully saturated rings. The van der Waals surface area contributed by atoms with Gasteiger partial charge in [-0.2, -0.15) is 4.31 Å². The zero-order valence-corrected chi connectivity index (χ0v) is 13.0. The number of likely N-dealkylation sites (N-methyl/N-ethyl adjacent to an activating group) is 1. The van der Waals surface area contributed by atoms with E-state index < -0.39 is 10.0 Å². The molecule has 1 unspecified atom stereocenters. The van der Waals surface area contributed by atoms with Crippen LogP contribution >= 0.6 is 0 Å². The van der Waals surface area contributed by atoms with Gasteiger partial charge in [-0.3, -0.25) is 0 Å². The van der Waals surface area contributed by atoms with E-state index >= 15 is 0 Å². The number of piperidine rings is 1. The molecule has 1 N–H and O–H groups in total. The summed E-state index contributed by atoms with van der Waals surface area (Å²) in [7, 11) is 2.14. The van der Waals surface area contributed by atoms with Crippen LogP contribution in [-0.4, -0.2) is 62.9 Å². The van der Waals surface area contributed by atoms with Gasteiger partial charge in [0.1, 0.15) is 0 Å². The number of sulfonamides is 1. The van der Waals surface area contributed by atoms with Crippen molar-refractivity contribution in [3.05, 3.63) is 18.3 Å². The van der Waals surface area contributed by atoms with Gasteiger partial charge in [0.2, 0.25) is 0 Å². The van der Waals surface area contributed by atoms with Crippen LogP contribution in [0, 0.1) is 0 Å². The van der Waals surface area contributed by atoms with Crippen molar-refractivity contribution >= 4 is 15.7 Å². The fourth-order valence-corrected chi connectivity index (χ4v) is 4.09. The molecular formula is C13H22N4O2S. The molecule has 0 spiro atoms. The summed E-state index contributed by atoms with van der Waals surface area (Å²) in [5.74, 6) is 0. The number of nitrogens with one attached hydrogen (secondary N) is 1. The van der Waals surface area contributed by atoms with Gasteiger partial charge in [0.15, 0.2) is 5.03 Å². The fraction of sp³-hybridized carbons (Fsp3) is 0.615. The Labute approximate surface area is 120 Å². The van der Waals surface area contributed by atoms with E-state index in [2.05, 4.69) is 15.2 Å². The highest BCUT2D eigenvalue weighted by Crippen LogP contribution is 2.25. The van der Waals surface area contributed by atoms with Gasteiger partial charge in [0.25, 0.3) is 10.0 Å². The Morgan fingerprint density at radius 1 is 1.45 bits per heavy atom. The van der Waals surface area contributed by atoms with Crippen molar-refractivity contribution in [1.82, 2.24) is 14.2 Å². The molecule has 0 bridgehead atoms. The van der Waals surface area contributed by atoms with Gasteiger partial charge in [-0.1, -0.05) is 0 Å². The topological polar surface area (TPSA) is 65.5 Å². The molecule has 7 heteroatoms. The van der Waals surface area contributed by atoms with Crippen LogP contribution in [0.15, 0.2) is 23.4 Å². The maximum atomic E-state index is 12.7. The van der Waals surface area contributed by atoms with Crippen molar-refractivity contribution in [3.8, 4) is 0 Å². The fourth-order valence-electron chi connectivity index (χ4n) is 2.47. The molecule has 20 heavy (non-hydrogen) atoms. The standard InChI is InChI=1S/C13H22N4O2S/c1-14-12-7-4-8-15-13(12)20(18,19)17-9-5-6-11(10-17)16(2)3/h4,7-8,11,14H,5-6,9-10H2,1-3H3. The minimum Gasteiger partial charge on any atom is -0.386 e. The first-order chi connectivity index (χ1) is 9.46. The van der Waals surface area contributed by atoms with E-state index in [1.807, 2.05) is 14.1 Å². The molecule has 1 aliphatic heterocycles. The molecule has 1 atom stereocenters. The van der Waals surface area contributed by atoms with Crippen LogP contribution in [0.5, 0.6) is 0 Å². The number of hydrogen-bond acceptors (Lipinski definition) is 5. The molecule has 112 valence electrons. The predicted molar refractivity (Wildman–Crippen MR) is 79.3 cm³/mol. The summed E-state index contributed by atoms with van der Waals surface area (Å²) < 4.78 is 27.0. The van der Waals surface area contributed by atoms with E-state index in [9.17, 15) is 8.42 Å². The Morgan fingerprint density at radius 2 is 2.20 bits per heavy atom. The van der Waals surface area contributed by atoms with Gasteiger partial charge < -0.3 is 10.2 Å². The van der Waals surface area contributed by atoms with Crippen LogP contribution < -0.4 is 5.32 Å². The molecule has 0 amide bonds. The summed E-state index contributed by atoms with van der Waals surface area (Å²) >= 11 is 0. The average Bonchev–Trinajstić information content (AvgIpc) is 2.47. The lowest BCUT2D eigenvalue weighted by Crippen LogP contribution is -2.47. The number of anilines is 1. The largest absolute Gasteiger partial charge is 0.386 e. The summed E-state index contributed by atoms with van der Waals surface area (Å²) in [5, 5.41) is 3.01. The molecule has 0 aliphatic carbocycles. The SMILES string of the molecule is CNc1cccnc1S(=O)(=O)N1CCCC(N(C)C)C1. The number of rotatable bonds is 4. The van der Waals surface area contributed by atoms with E-state index in [1.165, 1.54) is 6.20 Å². The highest BCUT2D eigenvalue weighted by Gasteiger charge is 2.33. The smallest absolute Gasteiger partial charge is 0.262 e. The molecule has 2 rings (SSSR count). The zero-order valence-electron chi connectivity index (χ0n) is 12.2. The van der Waals surface area contributed by atoms with E-state index in [0.29, 0.717) is 18.8 Å². The second kappa shape index (κ2) is 6.07. The first kappa shape index (κ1) is 15.2. The normalized spacial score (nSPS) is 21.1. The van der Waals surface area contributed by atoms with E-state index in [1.54, 1.807) is 23.5 Å². The molecule has 1 aromatic rings. The minimum atomic E-state index is -3.54. The summed E-state index contributed by atoms with van der Waals surface area (Å²) in [6.07, 6.45) is 3.42. The van der Waals surface area contributed by atoms with E-state index in [4.69, 9.17) is 0 Å². The molecule has 0 saturated carbocycles. The van der Waals surface area contributed by atoms with Crippen LogP contribution in [0.1, 0.15) is 12.8 Å². The van der Waals surface area contributed by atoms with Gasteiger partial charge in [-0.15, -0.1) is 0 Å². The summed E-state index contributed by atoms with van der Waals surface area (Å²) in [6, 6.07) is 3.72. The first-order valence-corrected chi connectivity index (χ1v) is 8.20. The Kier molecular flexibility index (Phi) is 4.62. The quantitative estimate of drug-likeness (QED) is 0.892. The highest BCUT2D eigenvalue weighted by molar-refractivity contribution is 7.89. The summed E-state index contributed by atoms with van der Waals surface area (Å²) in [4.78, 5) is 6.14. The van der Waals surface area contributed by atoms with Crippen LogP contribution in [0.3, 0.4) is 0 Å². The molecular weight excluding hydrogens is 276 g/mol. The van der Waals surface area contributed by atoms with Gasteiger partial charge in [0, 0.05) is 32.4 Å². The third kappa shape index (κ3) is 2.94. The zero-order chi connectivity index (χ0) is 14.8. The number of pyridine rings is 1. The number of aromatic nitrogens is 1. The van der Waals surface area contributed by atoms with Crippen molar-refractivity contribution in [1.29, 1.82) is 0 Å². The molecule has 1 saturated heterocycles.